The Morgan fingerprint density at radius 3 is 2.35 bits per heavy atom. The number of aromatic hydroxyl groups is 1. The molecule has 0 spiro atoms. The van der Waals surface area contributed by atoms with E-state index in [1.807, 2.05) is 30.3 Å². The first kappa shape index (κ1) is 27.6. The topological polar surface area (TPSA) is 78.9 Å². The average molecular weight is 515 g/mol. The molecule has 196 valence electrons. The number of hydrogen-bond acceptors (Lipinski definition) is 4. The number of halogens is 3. The van der Waals surface area contributed by atoms with Crippen molar-refractivity contribution in [3.8, 4) is 16.9 Å². The van der Waals surface area contributed by atoms with Gasteiger partial charge < -0.3 is 20.1 Å². The minimum Gasteiger partial charge on any atom is -0.507 e. The lowest BCUT2D eigenvalue weighted by Crippen LogP contribution is -2.39. The van der Waals surface area contributed by atoms with Crippen molar-refractivity contribution in [1.29, 1.82) is 0 Å². The molecule has 3 aromatic carbocycles. The molecule has 0 bridgehead atoms. The van der Waals surface area contributed by atoms with E-state index in [2.05, 4.69) is 5.32 Å². The number of benzene rings is 3. The molecule has 0 heterocycles. The fourth-order valence-electron chi connectivity index (χ4n) is 3.85. The number of amides is 2. The van der Waals surface area contributed by atoms with Crippen LogP contribution in [0.15, 0.2) is 66.7 Å². The minimum absolute atomic E-state index is 0.104. The zero-order valence-corrected chi connectivity index (χ0v) is 20.6. The monoisotopic (exact) mass is 514 g/mol. The van der Waals surface area contributed by atoms with Gasteiger partial charge in [0.05, 0.1) is 12.2 Å². The van der Waals surface area contributed by atoms with Crippen LogP contribution in [0.1, 0.15) is 36.1 Å². The molecule has 9 heteroatoms. The highest BCUT2D eigenvalue weighted by molar-refractivity contribution is 5.77. The summed E-state index contributed by atoms with van der Waals surface area (Å²) >= 11 is 0. The second kappa shape index (κ2) is 12.3. The summed E-state index contributed by atoms with van der Waals surface area (Å²) in [4.78, 5) is 25.3. The quantitative estimate of drug-likeness (QED) is 0.348. The van der Waals surface area contributed by atoms with Crippen LogP contribution in [0, 0.1) is 0 Å². The Morgan fingerprint density at radius 2 is 1.70 bits per heavy atom. The third kappa shape index (κ3) is 7.73. The van der Waals surface area contributed by atoms with Crippen LogP contribution in [-0.2, 0) is 35.2 Å². The number of nitrogens with one attached hydrogen (secondary N) is 1. The Bertz CT molecular complexity index is 1230. The molecule has 0 unspecified atom stereocenters. The largest absolute Gasteiger partial charge is 0.507 e. The van der Waals surface area contributed by atoms with Crippen molar-refractivity contribution < 1.29 is 32.6 Å². The Labute approximate surface area is 213 Å². The van der Waals surface area contributed by atoms with E-state index in [1.54, 1.807) is 19.1 Å². The van der Waals surface area contributed by atoms with Gasteiger partial charge in [0.2, 0.25) is 0 Å². The zero-order chi connectivity index (χ0) is 27.0. The number of ether oxygens (including phenoxy) is 1. The van der Waals surface area contributed by atoms with E-state index < -0.39 is 23.7 Å². The van der Waals surface area contributed by atoms with Crippen molar-refractivity contribution in [2.45, 2.75) is 39.5 Å². The third-order valence-corrected chi connectivity index (χ3v) is 5.80. The first-order valence-electron chi connectivity index (χ1n) is 11.8. The molecule has 0 saturated carbocycles. The number of alkyl halides is 3. The summed E-state index contributed by atoms with van der Waals surface area (Å²) in [5.41, 5.74) is 1.70. The van der Waals surface area contributed by atoms with Crippen molar-refractivity contribution in [3.63, 3.8) is 0 Å². The molecule has 0 aromatic heterocycles. The number of phenols is 1. The molecule has 6 nitrogen and oxygen atoms in total. The smallest absolute Gasteiger partial charge is 0.416 e. The number of phenolic OH excluding ortho intramolecular Hbond substituents is 1. The molecule has 0 aliphatic heterocycles. The predicted molar refractivity (Wildman–Crippen MR) is 134 cm³/mol. The number of carbonyl (C=O) groups excluding carboxylic acids is 2. The van der Waals surface area contributed by atoms with Crippen molar-refractivity contribution in [3.05, 3.63) is 89.0 Å². The summed E-state index contributed by atoms with van der Waals surface area (Å²) in [5.74, 6) is -0.539. The second-order valence-electron chi connectivity index (χ2n) is 8.47. The number of rotatable bonds is 9. The van der Waals surface area contributed by atoms with Gasteiger partial charge in [-0.3, -0.25) is 4.79 Å². The molecule has 2 N–H and O–H groups in total. The molecule has 0 fully saturated rings. The van der Waals surface area contributed by atoms with E-state index in [9.17, 15) is 27.9 Å². The van der Waals surface area contributed by atoms with Crippen LogP contribution in [-0.4, -0.2) is 35.2 Å². The lowest BCUT2D eigenvalue weighted by atomic mass is 9.94. The number of nitrogens with zero attached hydrogens (tertiary/aromatic N) is 1. The van der Waals surface area contributed by atoms with E-state index in [-0.39, 0.29) is 37.6 Å². The summed E-state index contributed by atoms with van der Waals surface area (Å²) in [6, 6.07) is 16.9. The summed E-state index contributed by atoms with van der Waals surface area (Å²) in [6.07, 6.45) is -4.21. The van der Waals surface area contributed by atoms with Gasteiger partial charge in [-0.05, 0) is 53.4 Å². The Balaban J connectivity index is 1.92. The van der Waals surface area contributed by atoms with E-state index >= 15 is 0 Å². The molecule has 3 aromatic rings. The van der Waals surface area contributed by atoms with E-state index in [0.29, 0.717) is 17.5 Å². The van der Waals surface area contributed by atoms with E-state index in [0.717, 1.165) is 23.3 Å². The van der Waals surface area contributed by atoms with Gasteiger partial charge in [-0.15, -0.1) is 0 Å². The van der Waals surface area contributed by atoms with Crippen LogP contribution in [0.4, 0.5) is 18.0 Å². The maximum Gasteiger partial charge on any atom is 0.416 e. The maximum absolute atomic E-state index is 13.6. The van der Waals surface area contributed by atoms with Gasteiger partial charge in [0.1, 0.15) is 5.75 Å². The fraction of sp³-hybridized carbons (Fsp3) is 0.286. The molecule has 0 aliphatic rings. The van der Waals surface area contributed by atoms with Crippen LogP contribution in [0.25, 0.3) is 11.1 Å². The molecular weight excluding hydrogens is 485 g/mol. The molecule has 0 atom stereocenters. The van der Waals surface area contributed by atoms with Crippen LogP contribution >= 0.6 is 0 Å². The van der Waals surface area contributed by atoms with Crippen LogP contribution in [0.5, 0.6) is 5.75 Å². The van der Waals surface area contributed by atoms with Gasteiger partial charge in [-0.2, -0.15) is 13.2 Å². The van der Waals surface area contributed by atoms with Gasteiger partial charge >= 0.3 is 18.2 Å². The maximum atomic E-state index is 13.6. The van der Waals surface area contributed by atoms with Gasteiger partial charge in [0, 0.05) is 38.5 Å². The number of hydrogen-bond donors (Lipinski definition) is 2. The Kier molecular flexibility index (Phi) is 9.16. The minimum atomic E-state index is -4.58. The summed E-state index contributed by atoms with van der Waals surface area (Å²) < 4.78 is 45.6. The third-order valence-electron chi connectivity index (χ3n) is 5.80. The van der Waals surface area contributed by atoms with E-state index in [4.69, 9.17) is 4.74 Å². The van der Waals surface area contributed by atoms with Crippen LogP contribution in [0.3, 0.4) is 0 Å². The van der Waals surface area contributed by atoms with Crippen LogP contribution in [0.2, 0.25) is 0 Å². The molecular formula is C28H29F3N2O4. The van der Waals surface area contributed by atoms with Gasteiger partial charge in [-0.1, -0.05) is 42.5 Å². The van der Waals surface area contributed by atoms with Gasteiger partial charge in [-0.25, -0.2) is 4.79 Å². The highest BCUT2D eigenvalue weighted by Crippen LogP contribution is 2.37. The molecule has 3 rings (SSSR count). The SMILES string of the molecule is CCN(Cc1cc(C(F)(F)F)ccc1-c1cc(CCOC(C)=O)ccc1O)C(=O)NCc1ccccc1. The number of urea groups is 1. The lowest BCUT2D eigenvalue weighted by molar-refractivity contribution is -0.141. The summed E-state index contributed by atoms with van der Waals surface area (Å²) in [7, 11) is 0. The lowest BCUT2D eigenvalue weighted by Gasteiger charge is -2.24. The second-order valence-corrected chi connectivity index (χ2v) is 8.47. The highest BCUT2D eigenvalue weighted by Gasteiger charge is 2.31. The Morgan fingerprint density at radius 1 is 0.973 bits per heavy atom. The van der Waals surface area contributed by atoms with Crippen molar-refractivity contribution in [2.24, 2.45) is 0 Å². The van der Waals surface area contributed by atoms with Crippen molar-refractivity contribution >= 4 is 12.0 Å². The molecule has 0 saturated heterocycles. The summed E-state index contributed by atoms with van der Waals surface area (Å²) in [6.45, 7) is 3.59. The standard InChI is InChI=1S/C28H29F3N2O4/c1-3-33(27(36)32-17-21-7-5-4-6-8-21)18-22-16-23(28(29,30)31)10-11-24(22)25-15-20(9-12-26(25)35)13-14-37-19(2)34/h4-12,15-16,35H,3,13-14,17-18H2,1-2H3,(H,32,36). The first-order chi connectivity index (χ1) is 17.6. The zero-order valence-electron chi connectivity index (χ0n) is 20.6. The van der Waals surface area contributed by atoms with Gasteiger partial charge in [0.25, 0.3) is 0 Å². The molecule has 2 amide bonds. The van der Waals surface area contributed by atoms with Crippen LogP contribution < -0.4 is 5.32 Å². The molecule has 0 radical (unpaired) electrons. The highest BCUT2D eigenvalue weighted by atomic mass is 19.4. The predicted octanol–water partition coefficient (Wildman–Crippen LogP) is 5.92. The normalized spacial score (nSPS) is 11.2. The average Bonchev–Trinajstić information content (AvgIpc) is 2.86. The first-order valence-corrected chi connectivity index (χ1v) is 11.8. The van der Waals surface area contributed by atoms with E-state index in [1.165, 1.54) is 24.0 Å². The van der Waals surface area contributed by atoms with Crippen molar-refractivity contribution in [1.82, 2.24) is 10.2 Å². The number of carbonyl (C=O) groups is 2. The molecule has 37 heavy (non-hydrogen) atoms. The summed E-state index contributed by atoms with van der Waals surface area (Å²) in [5, 5.41) is 13.4. The van der Waals surface area contributed by atoms with Crippen molar-refractivity contribution in [2.75, 3.05) is 13.2 Å². The molecule has 0 aliphatic carbocycles. The van der Waals surface area contributed by atoms with Gasteiger partial charge in [0.15, 0.2) is 0 Å². The Hall–Kier alpha value is -4.01. The number of esters is 1. The fourth-order valence-corrected chi connectivity index (χ4v) is 3.85.